The second-order valence-electron chi connectivity index (χ2n) is 1.77. The smallest absolute Gasteiger partial charge is 0.122 e. The molecule has 0 atom stereocenters. The Labute approximate surface area is 54.2 Å². The molecule has 0 unspecified atom stereocenters. The average molecular weight is 123 g/mol. The number of nitrogens with one attached hydrogen (secondary N) is 1. The Morgan fingerprint density at radius 1 is 1.78 bits per heavy atom. The Bertz CT molecular complexity index is 179. The third-order valence-electron chi connectivity index (χ3n) is 1.02. The van der Waals surface area contributed by atoms with Gasteiger partial charge in [0, 0.05) is 6.42 Å². The lowest BCUT2D eigenvalue weighted by molar-refractivity contribution is 0.964. The lowest BCUT2D eigenvalue weighted by Gasteiger charge is -2.05. The highest BCUT2D eigenvalue weighted by Crippen LogP contribution is 1.95. The van der Waals surface area contributed by atoms with E-state index in [9.17, 15) is 0 Å². The van der Waals surface area contributed by atoms with Gasteiger partial charge in [0.25, 0.3) is 0 Å². The van der Waals surface area contributed by atoms with Crippen molar-refractivity contribution in [2.45, 2.75) is 13.3 Å². The largest absolute Gasteiger partial charge is 0.265 e. The molecule has 1 heterocycles. The molecular weight excluding hydrogens is 114 g/mol. The molecule has 0 fully saturated rings. The standard InChI is InChI=1S/C6H9N3/c1-3-6-8-5(2)4-7-9-6/h4H,2-3H2,1H3,(H,8,9). The van der Waals surface area contributed by atoms with E-state index in [0.717, 1.165) is 12.3 Å². The summed E-state index contributed by atoms with van der Waals surface area (Å²) in [4.78, 5) is 4.06. The minimum absolute atomic E-state index is 0.714. The van der Waals surface area contributed by atoms with Crippen LogP contribution in [-0.2, 0) is 0 Å². The van der Waals surface area contributed by atoms with Gasteiger partial charge in [-0.15, -0.1) is 0 Å². The predicted molar refractivity (Wildman–Crippen MR) is 38.5 cm³/mol. The van der Waals surface area contributed by atoms with Crippen molar-refractivity contribution in [1.82, 2.24) is 5.43 Å². The van der Waals surface area contributed by atoms with Gasteiger partial charge in [-0.1, -0.05) is 13.5 Å². The van der Waals surface area contributed by atoms with E-state index in [2.05, 4.69) is 22.1 Å². The maximum absolute atomic E-state index is 4.06. The van der Waals surface area contributed by atoms with Crippen molar-refractivity contribution in [1.29, 1.82) is 0 Å². The van der Waals surface area contributed by atoms with Gasteiger partial charge in [0.15, 0.2) is 0 Å². The SMILES string of the molecule is C=C1C=NNC(CC)=N1. The molecule has 3 heteroatoms. The van der Waals surface area contributed by atoms with Crippen LogP contribution in [0.3, 0.4) is 0 Å². The summed E-state index contributed by atoms with van der Waals surface area (Å²) in [5, 5.41) is 3.81. The quantitative estimate of drug-likeness (QED) is 0.552. The summed E-state index contributed by atoms with van der Waals surface area (Å²) in [5.74, 6) is 0.877. The highest BCUT2D eigenvalue weighted by Gasteiger charge is 1.97. The maximum atomic E-state index is 4.06. The number of hydrogen-bond donors (Lipinski definition) is 1. The summed E-state index contributed by atoms with van der Waals surface area (Å²) in [6.07, 6.45) is 2.47. The first-order valence-electron chi connectivity index (χ1n) is 2.88. The van der Waals surface area contributed by atoms with Gasteiger partial charge in [-0.25, -0.2) is 4.99 Å². The van der Waals surface area contributed by atoms with Crippen LogP contribution in [0.5, 0.6) is 0 Å². The summed E-state index contributed by atoms with van der Waals surface area (Å²) >= 11 is 0. The van der Waals surface area contributed by atoms with Crippen molar-refractivity contribution in [3.8, 4) is 0 Å². The molecule has 0 aromatic rings. The number of hydrogen-bond acceptors (Lipinski definition) is 3. The monoisotopic (exact) mass is 123 g/mol. The molecule has 0 saturated heterocycles. The van der Waals surface area contributed by atoms with Crippen LogP contribution >= 0.6 is 0 Å². The molecule has 0 spiro atoms. The molecule has 9 heavy (non-hydrogen) atoms. The highest BCUT2D eigenvalue weighted by molar-refractivity contribution is 5.91. The Morgan fingerprint density at radius 2 is 2.56 bits per heavy atom. The zero-order valence-electron chi connectivity index (χ0n) is 5.39. The van der Waals surface area contributed by atoms with Gasteiger partial charge in [-0.3, -0.25) is 5.43 Å². The van der Waals surface area contributed by atoms with Crippen LogP contribution in [0, 0.1) is 0 Å². The number of allylic oxidation sites excluding steroid dienone is 1. The minimum Gasteiger partial charge on any atom is -0.265 e. The van der Waals surface area contributed by atoms with E-state index >= 15 is 0 Å². The van der Waals surface area contributed by atoms with E-state index in [4.69, 9.17) is 0 Å². The molecule has 1 N–H and O–H groups in total. The second-order valence-corrected chi connectivity index (χ2v) is 1.77. The fraction of sp³-hybridized carbons (Fsp3) is 0.333. The molecule has 0 saturated carbocycles. The van der Waals surface area contributed by atoms with E-state index in [1.807, 2.05) is 6.92 Å². The average Bonchev–Trinajstić information content (AvgIpc) is 1.88. The van der Waals surface area contributed by atoms with Gasteiger partial charge in [0.1, 0.15) is 5.84 Å². The van der Waals surface area contributed by atoms with Crippen molar-refractivity contribution in [2.75, 3.05) is 0 Å². The van der Waals surface area contributed by atoms with Crippen LogP contribution in [0.2, 0.25) is 0 Å². The summed E-state index contributed by atoms with van der Waals surface area (Å²) in [5.41, 5.74) is 3.47. The molecule has 48 valence electrons. The molecule has 0 radical (unpaired) electrons. The van der Waals surface area contributed by atoms with Crippen molar-refractivity contribution in [3.63, 3.8) is 0 Å². The molecule has 0 aromatic heterocycles. The van der Waals surface area contributed by atoms with E-state index in [1.54, 1.807) is 6.21 Å². The third-order valence-corrected chi connectivity index (χ3v) is 1.02. The van der Waals surface area contributed by atoms with Gasteiger partial charge in [-0.2, -0.15) is 5.10 Å². The predicted octanol–water partition coefficient (Wildman–Crippen LogP) is 0.898. The van der Waals surface area contributed by atoms with Crippen LogP contribution in [0.15, 0.2) is 22.4 Å². The van der Waals surface area contributed by atoms with Crippen molar-refractivity contribution >= 4 is 12.1 Å². The molecule has 0 bridgehead atoms. The summed E-state index contributed by atoms with van der Waals surface area (Å²) in [7, 11) is 0. The van der Waals surface area contributed by atoms with Crippen LogP contribution in [0.25, 0.3) is 0 Å². The van der Waals surface area contributed by atoms with Crippen LogP contribution in [0.4, 0.5) is 0 Å². The van der Waals surface area contributed by atoms with Crippen molar-refractivity contribution < 1.29 is 0 Å². The second kappa shape index (κ2) is 2.44. The van der Waals surface area contributed by atoms with E-state index in [1.165, 1.54) is 0 Å². The normalized spacial score (nSPS) is 17.0. The third kappa shape index (κ3) is 1.38. The molecule has 1 rings (SSSR count). The van der Waals surface area contributed by atoms with Gasteiger partial charge in [-0.05, 0) is 0 Å². The Balaban J connectivity index is 2.66. The first-order chi connectivity index (χ1) is 4.33. The van der Waals surface area contributed by atoms with Crippen LogP contribution in [0.1, 0.15) is 13.3 Å². The summed E-state index contributed by atoms with van der Waals surface area (Å²) in [6, 6.07) is 0. The molecule has 3 nitrogen and oxygen atoms in total. The number of hydrazone groups is 1. The summed E-state index contributed by atoms with van der Waals surface area (Å²) < 4.78 is 0. The lowest BCUT2D eigenvalue weighted by atomic mass is 10.4. The van der Waals surface area contributed by atoms with Gasteiger partial charge in [0.2, 0.25) is 0 Å². The molecule has 0 aromatic carbocycles. The first-order valence-corrected chi connectivity index (χ1v) is 2.88. The Hall–Kier alpha value is -1.12. The molecule has 1 aliphatic heterocycles. The molecule has 1 aliphatic rings. The highest BCUT2D eigenvalue weighted by atomic mass is 15.3. The number of rotatable bonds is 1. The zero-order chi connectivity index (χ0) is 6.69. The number of nitrogens with zero attached hydrogens (tertiary/aromatic N) is 2. The Kier molecular flexibility index (Phi) is 1.63. The molecule has 0 amide bonds. The van der Waals surface area contributed by atoms with Crippen LogP contribution < -0.4 is 5.43 Å². The number of aliphatic imine (C=N–C) groups is 1. The first kappa shape index (κ1) is 6.01. The van der Waals surface area contributed by atoms with E-state index < -0.39 is 0 Å². The Morgan fingerprint density at radius 3 is 3.00 bits per heavy atom. The molecule has 0 aliphatic carbocycles. The fourth-order valence-corrected chi connectivity index (χ4v) is 0.567. The minimum atomic E-state index is 0.714. The van der Waals surface area contributed by atoms with E-state index in [-0.39, 0.29) is 0 Å². The van der Waals surface area contributed by atoms with Crippen LogP contribution in [-0.4, -0.2) is 12.1 Å². The fourth-order valence-electron chi connectivity index (χ4n) is 0.567. The topological polar surface area (TPSA) is 36.8 Å². The molecular formula is C6H9N3. The van der Waals surface area contributed by atoms with Crippen molar-refractivity contribution in [3.05, 3.63) is 12.3 Å². The lowest BCUT2D eigenvalue weighted by Crippen LogP contribution is -2.19. The zero-order valence-corrected chi connectivity index (χ0v) is 5.39. The van der Waals surface area contributed by atoms with E-state index in [0.29, 0.717) is 5.70 Å². The number of amidine groups is 1. The summed E-state index contributed by atoms with van der Waals surface area (Å²) in [6.45, 7) is 5.65. The maximum Gasteiger partial charge on any atom is 0.122 e. The van der Waals surface area contributed by atoms with Crippen molar-refractivity contribution in [2.24, 2.45) is 10.1 Å². The van der Waals surface area contributed by atoms with Gasteiger partial charge >= 0.3 is 0 Å². The van der Waals surface area contributed by atoms with Gasteiger partial charge < -0.3 is 0 Å². The van der Waals surface area contributed by atoms with Gasteiger partial charge in [0.05, 0.1) is 11.9 Å².